The molecule has 0 radical (unpaired) electrons. The Morgan fingerprint density at radius 2 is 1.64 bits per heavy atom. The van der Waals surface area contributed by atoms with Crippen LogP contribution in [0.15, 0.2) is 0 Å². The average molecular weight is 465 g/mol. The third-order valence-corrected chi connectivity index (χ3v) is 8.81. The Bertz CT molecular complexity index is 617. The highest BCUT2D eigenvalue weighted by Crippen LogP contribution is 2.62. The Kier molecular flexibility index (Phi) is 13.8. The second-order valence-electron chi connectivity index (χ2n) is 5.07. The summed E-state index contributed by atoms with van der Waals surface area (Å²) in [6.07, 6.45) is 0.370. The number of aromatic amines is 2. The summed E-state index contributed by atoms with van der Waals surface area (Å²) in [4.78, 5) is 11.2. The molecule has 2 N–H and O–H groups in total. The first-order valence-corrected chi connectivity index (χ1v) is 13.5. The van der Waals surface area contributed by atoms with Gasteiger partial charge in [0, 0.05) is 5.75 Å². The number of esters is 1. The van der Waals surface area contributed by atoms with Crippen molar-refractivity contribution < 1.29 is 18.6 Å². The van der Waals surface area contributed by atoms with E-state index in [0.717, 1.165) is 0 Å². The number of aromatic nitrogens is 2. The van der Waals surface area contributed by atoms with E-state index in [1.54, 1.807) is 6.92 Å². The van der Waals surface area contributed by atoms with Gasteiger partial charge in [-0.15, -0.1) is 0 Å². The highest BCUT2D eigenvalue weighted by molar-refractivity contribution is 8.67. The van der Waals surface area contributed by atoms with Crippen molar-refractivity contribution in [3.63, 3.8) is 0 Å². The number of hydrogen-bond donors (Lipinski definition) is 2. The number of ether oxygens (including phenoxy) is 1. The number of H-pyrrole nitrogens is 2. The van der Waals surface area contributed by atoms with Gasteiger partial charge in [-0.3, -0.25) is 15.0 Å². The van der Waals surface area contributed by atoms with Crippen molar-refractivity contribution >= 4 is 70.6 Å². The topological polar surface area (TPSA) is 76.3 Å². The summed E-state index contributed by atoms with van der Waals surface area (Å²) in [5.41, 5.74) is -2.36. The zero-order valence-corrected chi connectivity index (χ0v) is 19.9. The van der Waals surface area contributed by atoms with Gasteiger partial charge in [0.15, 0.2) is 7.91 Å². The molecule has 0 saturated heterocycles. The first-order chi connectivity index (χ1) is 11.6. The molecule has 0 amide bonds. The largest absolute Gasteiger partial charge is 0.466 e. The Balaban J connectivity index is 0.000000676. The van der Waals surface area contributed by atoms with Crippen molar-refractivity contribution in [2.45, 2.75) is 53.2 Å². The minimum atomic E-state index is -2.36. The van der Waals surface area contributed by atoms with E-state index in [1.165, 1.54) is 22.7 Å². The summed E-state index contributed by atoms with van der Waals surface area (Å²) in [5.74, 6) is 0.357. The lowest BCUT2D eigenvalue weighted by atomic mass is 10.5. The predicted molar refractivity (Wildman–Crippen MR) is 115 cm³/mol. The molecule has 0 fully saturated rings. The van der Waals surface area contributed by atoms with Gasteiger partial charge in [0.2, 0.25) is 5.69 Å². The smallest absolute Gasteiger partial charge is 0.306 e. The van der Waals surface area contributed by atoms with Gasteiger partial charge in [-0.05, 0) is 70.9 Å². The number of hydrogen-bond acceptors (Lipinski definition) is 9. The summed E-state index contributed by atoms with van der Waals surface area (Å²) in [7, 11) is 0. The predicted octanol–water partition coefficient (Wildman–Crippen LogP) is 5.61. The molecule has 1 rings (SSSR count). The van der Waals surface area contributed by atoms with E-state index in [-0.39, 0.29) is 18.2 Å². The van der Waals surface area contributed by atoms with Gasteiger partial charge < -0.3 is 13.8 Å². The fraction of sp³-hybridized carbons (Fsp3) is 0.769. The fourth-order valence-electron chi connectivity index (χ4n) is 1.31. The summed E-state index contributed by atoms with van der Waals surface area (Å²) < 4.78 is 17.7. The molecule has 1 heterocycles. The number of carbonyl (C=O) groups excluding carboxylic acids is 1. The molecule has 25 heavy (non-hydrogen) atoms. The Labute approximate surface area is 172 Å². The molecule has 12 heteroatoms. The van der Waals surface area contributed by atoms with Crippen LogP contribution in [0.3, 0.4) is 0 Å². The van der Waals surface area contributed by atoms with Gasteiger partial charge in [0.05, 0.1) is 25.2 Å². The standard InChI is InChI=1S/C11H23O4PS2.C2H2N2S3/c1-6-13-11(12)7-8-18-16(17,14-9(2)3)15-10(4)5;5-1-3-4-2(6)7-1/h9-10H,6-8H2,1-5H3;(H,3,5)(H,4,6). The van der Waals surface area contributed by atoms with E-state index in [9.17, 15) is 4.79 Å². The molecular formula is C13H25N2O4PS5. The Morgan fingerprint density at radius 1 is 1.16 bits per heavy atom. The molecular weight excluding hydrogens is 439 g/mol. The molecule has 0 aromatic carbocycles. The molecule has 1 aromatic heterocycles. The normalized spacial score (nSPS) is 11.3. The SMILES string of the molecule is CCOC(=O)CCSP(=S)(OC(C)C)OC(C)C.S=c1[nH][nH]c(=S)s1. The minimum Gasteiger partial charge on any atom is -0.466 e. The molecule has 146 valence electrons. The number of nitrogens with one attached hydrogen (secondary N) is 2. The van der Waals surface area contributed by atoms with Crippen LogP contribution in [-0.2, 0) is 30.4 Å². The van der Waals surface area contributed by atoms with E-state index in [4.69, 9.17) is 50.0 Å². The van der Waals surface area contributed by atoms with Crippen molar-refractivity contribution in [3.8, 4) is 0 Å². The van der Waals surface area contributed by atoms with Crippen LogP contribution in [0.1, 0.15) is 41.0 Å². The van der Waals surface area contributed by atoms with E-state index >= 15 is 0 Å². The molecule has 0 saturated carbocycles. The van der Waals surface area contributed by atoms with Gasteiger partial charge in [-0.1, -0.05) is 22.7 Å². The molecule has 0 bridgehead atoms. The maximum atomic E-state index is 11.2. The number of rotatable bonds is 9. The fourth-order valence-corrected chi connectivity index (χ4v) is 8.18. The number of carbonyl (C=O) groups is 1. The minimum absolute atomic E-state index is 0.0182. The lowest BCUT2D eigenvalue weighted by molar-refractivity contribution is -0.142. The van der Waals surface area contributed by atoms with Crippen LogP contribution in [0.5, 0.6) is 0 Å². The summed E-state index contributed by atoms with van der Waals surface area (Å²) in [6.45, 7) is 9.91. The second-order valence-corrected chi connectivity index (χ2v) is 13.8. The van der Waals surface area contributed by atoms with Crippen molar-refractivity contribution in [2.75, 3.05) is 12.4 Å². The third kappa shape index (κ3) is 14.2. The highest BCUT2D eigenvalue weighted by atomic mass is 32.9. The first kappa shape index (κ1) is 25.4. The Morgan fingerprint density at radius 3 is 1.96 bits per heavy atom. The van der Waals surface area contributed by atoms with E-state index in [1.807, 2.05) is 27.7 Å². The summed E-state index contributed by atoms with van der Waals surface area (Å²) >= 11 is 17.6. The van der Waals surface area contributed by atoms with Gasteiger partial charge in [0.25, 0.3) is 0 Å². The molecule has 0 spiro atoms. The van der Waals surface area contributed by atoms with Crippen LogP contribution in [0, 0.1) is 7.91 Å². The van der Waals surface area contributed by atoms with Crippen LogP contribution in [0.4, 0.5) is 0 Å². The van der Waals surface area contributed by atoms with Gasteiger partial charge in [-0.25, -0.2) is 0 Å². The highest BCUT2D eigenvalue weighted by Gasteiger charge is 2.23. The van der Waals surface area contributed by atoms with Crippen molar-refractivity contribution in [1.82, 2.24) is 10.2 Å². The zero-order valence-electron chi connectivity index (χ0n) is 14.9. The lowest BCUT2D eigenvalue weighted by Gasteiger charge is -2.25. The third-order valence-electron chi connectivity index (χ3n) is 1.99. The van der Waals surface area contributed by atoms with E-state index in [0.29, 0.717) is 26.7 Å². The van der Waals surface area contributed by atoms with Crippen LogP contribution in [0.25, 0.3) is 0 Å². The molecule has 6 nitrogen and oxygen atoms in total. The van der Waals surface area contributed by atoms with Gasteiger partial charge >= 0.3 is 5.97 Å². The zero-order chi connectivity index (χ0) is 19.5. The molecule has 0 aliphatic rings. The van der Waals surface area contributed by atoms with Crippen LogP contribution in [0.2, 0.25) is 0 Å². The van der Waals surface area contributed by atoms with Crippen molar-refractivity contribution in [2.24, 2.45) is 0 Å². The van der Waals surface area contributed by atoms with Crippen LogP contribution >= 0.6 is 52.8 Å². The van der Waals surface area contributed by atoms with Gasteiger partial charge in [0.1, 0.15) is 0 Å². The maximum Gasteiger partial charge on any atom is 0.306 e. The molecule has 0 unspecified atom stereocenters. The van der Waals surface area contributed by atoms with Gasteiger partial charge in [-0.2, -0.15) is 0 Å². The molecule has 0 atom stereocenters. The van der Waals surface area contributed by atoms with E-state index < -0.39 is 5.69 Å². The maximum absolute atomic E-state index is 11.2. The monoisotopic (exact) mass is 464 g/mol. The van der Waals surface area contributed by atoms with E-state index in [2.05, 4.69) is 10.2 Å². The van der Waals surface area contributed by atoms with Crippen molar-refractivity contribution in [3.05, 3.63) is 7.91 Å². The summed E-state index contributed by atoms with van der Waals surface area (Å²) in [6, 6.07) is 0. The molecule has 1 aromatic rings. The molecule has 0 aliphatic heterocycles. The molecule has 0 aliphatic carbocycles. The second kappa shape index (κ2) is 13.5. The lowest BCUT2D eigenvalue weighted by Crippen LogP contribution is -2.08. The van der Waals surface area contributed by atoms with Crippen molar-refractivity contribution in [1.29, 1.82) is 0 Å². The first-order valence-electron chi connectivity index (χ1n) is 7.62. The van der Waals surface area contributed by atoms with Crippen LogP contribution in [-0.4, -0.2) is 40.7 Å². The van der Waals surface area contributed by atoms with Crippen LogP contribution < -0.4 is 0 Å². The Hall–Kier alpha value is 0.390. The summed E-state index contributed by atoms with van der Waals surface area (Å²) in [5, 5.41) is 5.34. The average Bonchev–Trinajstić information content (AvgIpc) is 2.81. The quantitative estimate of drug-likeness (QED) is 0.277.